The molecule has 3 N–H and O–H groups in total. The molecule has 1 aromatic rings. The summed E-state index contributed by atoms with van der Waals surface area (Å²) in [4.78, 5) is 14.1. The smallest absolute Gasteiger partial charge is 0.224 e. The van der Waals surface area contributed by atoms with Gasteiger partial charge in [-0.3, -0.25) is 9.69 Å². The van der Waals surface area contributed by atoms with Crippen LogP contribution >= 0.6 is 23.1 Å². The van der Waals surface area contributed by atoms with Crippen LogP contribution < -0.4 is 11.1 Å². The Morgan fingerprint density at radius 3 is 3.16 bits per heavy atom. The van der Waals surface area contributed by atoms with Crippen LogP contribution in [0.5, 0.6) is 0 Å². The largest absolute Gasteiger partial charge is 0.355 e. The summed E-state index contributed by atoms with van der Waals surface area (Å²) in [6.07, 6.45) is 1.94. The summed E-state index contributed by atoms with van der Waals surface area (Å²) in [6.45, 7) is 3.38. The Morgan fingerprint density at radius 2 is 2.47 bits per heavy atom. The minimum Gasteiger partial charge on any atom is -0.355 e. The molecule has 2 rings (SSSR count). The molecule has 1 amide bonds. The van der Waals surface area contributed by atoms with E-state index in [1.807, 2.05) is 0 Å². The number of piperidine rings is 1. The van der Waals surface area contributed by atoms with Crippen molar-refractivity contribution in [2.45, 2.75) is 19.4 Å². The Kier molecular flexibility index (Phi) is 5.50. The van der Waals surface area contributed by atoms with E-state index in [0.717, 1.165) is 31.6 Å². The summed E-state index contributed by atoms with van der Waals surface area (Å²) in [5, 5.41) is 6.86. The highest BCUT2D eigenvalue weighted by atomic mass is 35.5. The maximum Gasteiger partial charge on any atom is 0.224 e. The van der Waals surface area contributed by atoms with Gasteiger partial charge in [-0.25, -0.2) is 0 Å². The minimum absolute atomic E-state index is 0.0330. The molecule has 0 aliphatic carbocycles. The van der Waals surface area contributed by atoms with Crippen LogP contribution in [0, 0.1) is 5.92 Å². The molecule has 6 nitrogen and oxygen atoms in total. The van der Waals surface area contributed by atoms with Gasteiger partial charge in [-0.15, -0.1) is 5.10 Å². The quantitative estimate of drug-likeness (QED) is 0.826. The molecule has 0 aromatic carbocycles. The molecule has 8 heteroatoms. The molecular formula is C11H18ClN5OS. The second-order valence-electron chi connectivity index (χ2n) is 4.65. The van der Waals surface area contributed by atoms with E-state index in [1.54, 1.807) is 0 Å². The van der Waals surface area contributed by atoms with Crippen molar-refractivity contribution in [1.82, 2.24) is 19.8 Å². The van der Waals surface area contributed by atoms with E-state index < -0.39 is 0 Å². The van der Waals surface area contributed by atoms with Crippen LogP contribution in [0.3, 0.4) is 0 Å². The number of carbonyl (C=O) groups is 1. The lowest BCUT2D eigenvalue weighted by Gasteiger charge is -2.31. The maximum absolute atomic E-state index is 11.9. The van der Waals surface area contributed by atoms with Crippen molar-refractivity contribution < 1.29 is 4.79 Å². The van der Waals surface area contributed by atoms with Crippen molar-refractivity contribution in [3.05, 3.63) is 10.0 Å². The van der Waals surface area contributed by atoms with Gasteiger partial charge in [0.2, 0.25) is 5.91 Å². The van der Waals surface area contributed by atoms with Gasteiger partial charge in [-0.1, -0.05) is 16.1 Å². The lowest BCUT2D eigenvalue weighted by molar-refractivity contribution is -0.126. The van der Waals surface area contributed by atoms with Crippen LogP contribution in [0.2, 0.25) is 4.34 Å². The van der Waals surface area contributed by atoms with Crippen molar-refractivity contribution in [2.24, 2.45) is 11.7 Å². The van der Waals surface area contributed by atoms with E-state index in [1.165, 1.54) is 11.5 Å². The van der Waals surface area contributed by atoms with Gasteiger partial charge in [-0.2, -0.15) is 0 Å². The number of carbonyl (C=O) groups excluding carboxylic acids is 1. The fourth-order valence-electron chi connectivity index (χ4n) is 2.26. The Hall–Kier alpha value is -0.760. The number of amides is 1. The van der Waals surface area contributed by atoms with Crippen LogP contribution in [0.1, 0.15) is 18.5 Å². The number of hydrogen-bond donors (Lipinski definition) is 2. The van der Waals surface area contributed by atoms with Crippen LogP contribution in [0.15, 0.2) is 0 Å². The molecule has 0 saturated carbocycles. The van der Waals surface area contributed by atoms with E-state index in [9.17, 15) is 4.79 Å². The highest BCUT2D eigenvalue weighted by Crippen LogP contribution is 2.22. The summed E-state index contributed by atoms with van der Waals surface area (Å²) < 4.78 is 4.46. The summed E-state index contributed by atoms with van der Waals surface area (Å²) in [6, 6.07) is 0. The van der Waals surface area contributed by atoms with Crippen molar-refractivity contribution in [3.8, 4) is 0 Å². The Bertz CT molecular complexity index is 427. The number of rotatable bonds is 5. The SMILES string of the molecule is NCCNC(=O)C1CCCN(Cc2nnsc2Cl)C1. The van der Waals surface area contributed by atoms with Gasteiger partial charge in [0.25, 0.3) is 0 Å². The molecule has 1 unspecified atom stereocenters. The maximum atomic E-state index is 11.9. The number of likely N-dealkylation sites (tertiary alicyclic amines) is 1. The molecule has 0 radical (unpaired) electrons. The van der Waals surface area contributed by atoms with Crippen LogP contribution in [0.25, 0.3) is 0 Å². The first-order valence-electron chi connectivity index (χ1n) is 6.37. The molecule has 1 fully saturated rings. The lowest BCUT2D eigenvalue weighted by Crippen LogP contribution is -2.43. The van der Waals surface area contributed by atoms with Crippen molar-refractivity contribution in [3.63, 3.8) is 0 Å². The fourth-order valence-corrected chi connectivity index (χ4v) is 2.87. The topological polar surface area (TPSA) is 84.1 Å². The first-order chi connectivity index (χ1) is 9.20. The van der Waals surface area contributed by atoms with Gasteiger partial charge in [-0.05, 0) is 19.4 Å². The second kappa shape index (κ2) is 7.14. The predicted octanol–water partition coefficient (Wildman–Crippen LogP) is 0.478. The molecule has 0 spiro atoms. The normalized spacial score (nSPS) is 20.4. The summed E-state index contributed by atoms with van der Waals surface area (Å²) >= 11 is 7.20. The third kappa shape index (κ3) is 4.10. The Labute approximate surface area is 121 Å². The van der Waals surface area contributed by atoms with Gasteiger partial charge in [0.15, 0.2) is 0 Å². The highest BCUT2D eigenvalue weighted by molar-refractivity contribution is 7.10. The van der Waals surface area contributed by atoms with Crippen LogP contribution in [-0.2, 0) is 11.3 Å². The molecule has 1 aromatic heterocycles. The molecule has 1 aliphatic rings. The molecular weight excluding hydrogens is 286 g/mol. The van der Waals surface area contributed by atoms with E-state index in [0.29, 0.717) is 24.0 Å². The zero-order valence-electron chi connectivity index (χ0n) is 10.6. The summed E-state index contributed by atoms with van der Waals surface area (Å²) in [7, 11) is 0. The monoisotopic (exact) mass is 303 g/mol. The number of nitrogens with two attached hydrogens (primary N) is 1. The van der Waals surface area contributed by atoms with Crippen LogP contribution in [-0.4, -0.2) is 46.6 Å². The van der Waals surface area contributed by atoms with Crippen LogP contribution in [0.4, 0.5) is 0 Å². The molecule has 1 saturated heterocycles. The molecule has 106 valence electrons. The standard InChI is InChI=1S/C11H18ClN5OS/c12-10-9(15-16-19-10)7-17-5-1-2-8(6-17)11(18)14-4-3-13/h8H,1-7,13H2,(H,14,18). The molecule has 0 bridgehead atoms. The third-order valence-corrected chi connectivity index (χ3v) is 4.19. The van der Waals surface area contributed by atoms with Crippen molar-refractivity contribution in [2.75, 3.05) is 26.2 Å². The summed E-state index contributed by atoms with van der Waals surface area (Å²) in [5.74, 6) is 0.128. The van der Waals surface area contributed by atoms with Gasteiger partial charge >= 0.3 is 0 Å². The number of halogens is 1. The van der Waals surface area contributed by atoms with E-state index in [4.69, 9.17) is 17.3 Å². The third-order valence-electron chi connectivity index (χ3n) is 3.20. The molecule has 19 heavy (non-hydrogen) atoms. The van der Waals surface area contributed by atoms with Crippen molar-refractivity contribution in [1.29, 1.82) is 0 Å². The van der Waals surface area contributed by atoms with E-state index in [2.05, 4.69) is 19.8 Å². The van der Waals surface area contributed by atoms with Gasteiger partial charge in [0.05, 0.1) is 5.92 Å². The van der Waals surface area contributed by atoms with Crippen molar-refractivity contribution >= 4 is 29.0 Å². The average Bonchev–Trinajstić information content (AvgIpc) is 2.82. The predicted molar refractivity (Wildman–Crippen MR) is 75.0 cm³/mol. The fraction of sp³-hybridized carbons (Fsp3) is 0.727. The second-order valence-corrected chi connectivity index (χ2v) is 6.00. The lowest BCUT2D eigenvalue weighted by atomic mass is 9.97. The number of nitrogens with zero attached hydrogens (tertiary/aromatic N) is 3. The summed E-state index contributed by atoms with van der Waals surface area (Å²) in [5.41, 5.74) is 6.19. The number of hydrogen-bond acceptors (Lipinski definition) is 6. The van der Waals surface area contributed by atoms with E-state index in [-0.39, 0.29) is 11.8 Å². The molecule has 2 heterocycles. The molecule has 1 atom stereocenters. The Morgan fingerprint density at radius 1 is 1.63 bits per heavy atom. The first-order valence-corrected chi connectivity index (χ1v) is 7.52. The van der Waals surface area contributed by atoms with E-state index >= 15 is 0 Å². The average molecular weight is 304 g/mol. The molecule has 1 aliphatic heterocycles. The van der Waals surface area contributed by atoms with Gasteiger partial charge < -0.3 is 11.1 Å². The number of aromatic nitrogens is 2. The number of nitrogens with one attached hydrogen (secondary N) is 1. The van der Waals surface area contributed by atoms with Gasteiger partial charge in [0.1, 0.15) is 10.0 Å². The first kappa shape index (κ1) is 14.6. The zero-order valence-corrected chi connectivity index (χ0v) is 12.2. The highest BCUT2D eigenvalue weighted by Gasteiger charge is 2.26. The van der Waals surface area contributed by atoms with Gasteiger partial charge in [0, 0.05) is 37.7 Å². The zero-order chi connectivity index (χ0) is 13.7. The Balaban J connectivity index is 1.86. The minimum atomic E-state index is 0.0330.